The summed E-state index contributed by atoms with van der Waals surface area (Å²) in [5.74, 6) is -1.45. The summed E-state index contributed by atoms with van der Waals surface area (Å²) in [6.07, 6.45) is 7.91. The van der Waals surface area contributed by atoms with Crippen molar-refractivity contribution in [1.82, 2.24) is 18.7 Å². The van der Waals surface area contributed by atoms with Gasteiger partial charge in [-0.1, -0.05) is 57.2 Å². The number of nitrogens with zero attached hydrogens (tertiary/aromatic N) is 4. The van der Waals surface area contributed by atoms with Gasteiger partial charge in [-0.25, -0.2) is 9.78 Å². The van der Waals surface area contributed by atoms with E-state index in [1.54, 1.807) is 11.6 Å². The summed E-state index contributed by atoms with van der Waals surface area (Å²) in [4.78, 5) is 40.0. The number of aliphatic carboxylic acids is 1. The fraction of sp³-hybridized carbons (Fsp3) is 0.667. The van der Waals surface area contributed by atoms with Crippen LogP contribution in [0.3, 0.4) is 0 Å². The van der Waals surface area contributed by atoms with Crippen molar-refractivity contribution in [1.29, 1.82) is 0 Å². The number of carboxylic acids is 1. The minimum Gasteiger partial charge on any atom is -0.549 e. The van der Waals surface area contributed by atoms with Crippen molar-refractivity contribution in [2.24, 2.45) is 14.1 Å². The van der Waals surface area contributed by atoms with E-state index in [-0.39, 0.29) is 11.4 Å². The summed E-state index contributed by atoms with van der Waals surface area (Å²) in [5.41, 5.74) is -0.244. The zero-order chi connectivity index (χ0) is 20.0. The third-order valence-electron chi connectivity index (χ3n) is 4.62. The minimum atomic E-state index is -1.20. The third kappa shape index (κ3) is 5.03. The van der Waals surface area contributed by atoms with Crippen LogP contribution in [0.2, 0.25) is 0 Å². The van der Waals surface area contributed by atoms with E-state index >= 15 is 0 Å². The largest absolute Gasteiger partial charge is 0.549 e. The van der Waals surface area contributed by atoms with E-state index in [0.29, 0.717) is 17.2 Å². The predicted molar refractivity (Wildman–Crippen MR) is 104 cm³/mol. The monoisotopic (exact) mass is 395 g/mol. The normalized spacial score (nSPS) is 11.4. The Balaban J connectivity index is 2.27. The average molecular weight is 396 g/mol. The Bertz CT molecular complexity index is 913. The third-order valence-corrected chi connectivity index (χ3v) is 5.57. The SMILES string of the molecule is CCCCCCCCCn1c(SCC(=O)[O-])nc2c1c(=O)n(C)c(=O)n2C. The quantitative estimate of drug-likeness (QED) is 0.416. The molecule has 0 spiro atoms. The number of unbranched alkanes of at least 4 members (excludes halogenated alkanes) is 6. The smallest absolute Gasteiger partial charge is 0.332 e. The van der Waals surface area contributed by atoms with Crippen LogP contribution in [0, 0.1) is 0 Å². The fourth-order valence-electron chi connectivity index (χ4n) is 3.09. The molecule has 0 N–H and O–H groups in total. The first-order valence-corrected chi connectivity index (χ1v) is 10.4. The Kier molecular flexibility index (Phi) is 7.70. The van der Waals surface area contributed by atoms with E-state index in [4.69, 9.17) is 0 Å². The molecule has 0 aliphatic rings. The summed E-state index contributed by atoms with van der Waals surface area (Å²) in [5, 5.41) is 11.3. The van der Waals surface area contributed by atoms with Crippen molar-refractivity contribution >= 4 is 28.9 Å². The van der Waals surface area contributed by atoms with E-state index in [9.17, 15) is 19.5 Å². The number of rotatable bonds is 11. The molecular formula is C18H27N4O4S-. The van der Waals surface area contributed by atoms with Gasteiger partial charge in [-0.2, -0.15) is 0 Å². The lowest BCUT2D eigenvalue weighted by atomic mass is 10.1. The number of imidazole rings is 1. The van der Waals surface area contributed by atoms with Gasteiger partial charge >= 0.3 is 5.69 Å². The van der Waals surface area contributed by atoms with Gasteiger partial charge in [0.05, 0.1) is 5.97 Å². The average Bonchev–Trinajstić information content (AvgIpc) is 3.01. The number of hydrogen-bond donors (Lipinski definition) is 0. The molecule has 150 valence electrons. The molecule has 0 radical (unpaired) electrons. The first-order valence-electron chi connectivity index (χ1n) is 9.37. The maximum Gasteiger partial charge on any atom is 0.332 e. The number of fused-ring (bicyclic) bond motifs is 1. The molecule has 8 nitrogen and oxygen atoms in total. The van der Waals surface area contributed by atoms with Gasteiger partial charge in [-0.3, -0.25) is 13.9 Å². The molecule has 0 amide bonds. The summed E-state index contributed by atoms with van der Waals surface area (Å²) in [6, 6.07) is 0. The topological polar surface area (TPSA) is 102 Å². The number of hydrogen-bond acceptors (Lipinski definition) is 6. The lowest BCUT2D eigenvalue weighted by molar-refractivity contribution is -0.301. The van der Waals surface area contributed by atoms with Crippen LogP contribution < -0.4 is 16.4 Å². The fourth-order valence-corrected chi connectivity index (χ4v) is 3.83. The van der Waals surface area contributed by atoms with Crippen molar-refractivity contribution < 1.29 is 9.90 Å². The molecule has 2 heterocycles. The van der Waals surface area contributed by atoms with E-state index < -0.39 is 17.2 Å². The molecule has 0 bridgehead atoms. The van der Waals surface area contributed by atoms with E-state index in [2.05, 4.69) is 11.9 Å². The number of aryl methyl sites for hydroxylation is 2. The van der Waals surface area contributed by atoms with E-state index in [0.717, 1.165) is 35.6 Å². The number of carboxylic acid groups (broad SMARTS) is 1. The second-order valence-corrected chi connectivity index (χ2v) is 7.65. The van der Waals surface area contributed by atoms with Crippen molar-refractivity contribution in [3.05, 3.63) is 20.8 Å². The molecule has 27 heavy (non-hydrogen) atoms. The molecule has 0 aliphatic heterocycles. The summed E-state index contributed by atoms with van der Waals surface area (Å²) in [7, 11) is 2.99. The molecule has 0 unspecified atom stereocenters. The highest BCUT2D eigenvalue weighted by molar-refractivity contribution is 7.99. The summed E-state index contributed by atoms with van der Waals surface area (Å²) < 4.78 is 4.12. The number of carbonyl (C=O) groups excluding carboxylic acids is 1. The van der Waals surface area contributed by atoms with Gasteiger partial charge in [0, 0.05) is 26.4 Å². The molecule has 0 fully saturated rings. The van der Waals surface area contributed by atoms with E-state index in [1.165, 1.54) is 37.3 Å². The molecule has 0 atom stereocenters. The van der Waals surface area contributed by atoms with Gasteiger partial charge in [0.2, 0.25) is 0 Å². The number of thioether (sulfide) groups is 1. The van der Waals surface area contributed by atoms with Crippen LogP contribution in [0.15, 0.2) is 14.7 Å². The highest BCUT2D eigenvalue weighted by Gasteiger charge is 2.19. The molecule has 0 aromatic carbocycles. The molecule has 0 saturated heterocycles. The van der Waals surface area contributed by atoms with Gasteiger partial charge in [-0.15, -0.1) is 0 Å². The van der Waals surface area contributed by atoms with E-state index in [1.807, 2.05) is 0 Å². The first kappa shape index (κ1) is 21.3. The van der Waals surface area contributed by atoms with Crippen LogP contribution >= 0.6 is 11.8 Å². The Hall–Kier alpha value is -2.03. The van der Waals surface area contributed by atoms with Crippen molar-refractivity contribution in [3.8, 4) is 0 Å². The zero-order valence-electron chi connectivity index (χ0n) is 16.2. The molecule has 0 saturated carbocycles. The van der Waals surface area contributed by atoms with Crippen molar-refractivity contribution in [2.75, 3.05) is 5.75 Å². The Morgan fingerprint density at radius 3 is 2.30 bits per heavy atom. The molecule has 2 rings (SSSR count). The Morgan fingerprint density at radius 1 is 1.04 bits per heavy atom. The van der Waals surface area contributed by atoms with Gasteiger partial charge in [0.1, 0.15) is 0 Å². The maximum atomic E-state index is 12.6. The highest BCUT2D eigenvalue weighted by atomic mass is 32.2. The van der Waals surface area contributed by atoms with Crippen molar-refractivity contribution in [3.63, 3.8) is 0 Å². The Morgan fingerprint density at radius 2 is 1.67 bits per heavy atom. The molecular weight excluding hydrogens is 368 g/mol. The molecule has 2 aromatic heterocycles. The lowest BCUT2D eigenvalue weighted by Gasteiger charge is -2.09. The van der Waals surface area contributed by atoms with Crippen LogP contribution in [-0.2, 0) is 25.4 Å². The first-order chi connectivity index (χ1) is 12.9. The lowest BCUT2D eigenvalue weighted by Crippen LogP contribution is -2.37. The summed E-state index contributed by atoms with van der Waals surface area (Å²) in [6.45, 7) is 2.75. The zero-order valence-corrected chi connectivity index (χ0v) is 17.0. The highest BCUT2D eigenvalue weighted by Crippen LogP contribution is 2.22. The second kappa shape index (κ2) is 9.77. The maximum absolute atomic E-state index is 12.6. The Labute approximate surface area is 162 Å². The van der Waals surface area contributed by atoms with Crippen LogP contribution in [0.4, 0.5) is 0 Å². The second-order valence-electron chi connectivity index (χ2n) is 6.71. The minimum absolute atomic E-state index is 0.255. The van der Waals surface area contributed by atoms with Gasteiger partial charge in [0.25, 0.3) is 5.56 Å². The summed E-state index contributed by atoms with van der Waals surface area (Å²) >= 11 is 1.01. The number of carbonyl (C=O) groups is 1. The molecule has 0 aliphatic carbocycles. The van der Waals surface area contributed by atoms with Crippen LogP contribution in [-0.4, -0.2) is 30.4 Å². The standard InChI is InChI=1S/C18H28N4O4S/c1-4-5-6-7-8-9-10-11-22-14-15(19-17(22)27-12-13(23)24)20(2)18(26)21(3)16(14)25/h4-12H2,1-3H3,(H,23,24)/p-1. The van der Waals surface area contributed by atoms with Gasteiger partial charge in [-0.05, 0) is 6.42 Å². The van der Waals surface area contributed by atoms with Crippen LogP contribution in [0.25, 0.3) is 11.2 Å². The van der Waals surface area contributed by atoms with Crippen molar-refractivity contribution in [2.45, 2.75) is 63.6 Å². The van der Waals surface area contributed by atoms with Crippen LogP contribution in [0.5, 0.6) is 0 Å². The van der Waals surface area contributed by atoms with Crippen LogP contribution in [0.1, 0.15) is 51.9 Å². The number of aromatic nitrogens is 4. The predicted octanol–water partition coefficient (Wildman–Crippen LogP) is 1.03. The van der Waals surface area contributed by atoms with Gasteiger partial charge in [0.15, 0.2) is 16.3 Å². The molecule has 9 heteroatoms. The molecule has 2 aromatic rings. The van der Waals surface area contributed by atoms with Gasteiger partial charge < -0.3 is 14.5 Å².